The molecule has 0 radical (unpaired) electrons. The Labute approximate surface area is 170 Å². The Hall–Kier alpha value is -3.92. The molecule has 0 saturated carbocycles. The minimum atomic E-state index is -1.03. The number of benzene rings is 2. The third-order valence-electron chi connectivity index (χ3n) is 4.81. The van der Waals surface area contributed by atoms with Gasteiger partial charge in [-0.05, 0) is 35.2 Å². The molecule has 0 aliphatic heterocycles. The van der Waals surface area contributed by atoms with Crippen LogP contribution in [0.15, 0.2) is 64.2 Å². The minimum absolute atomic E-state index is 0.168. The van der Waals surface area contributed by atoms with Crippen molar-refractivity contribution in [1.29, 1.82) is 0 Å². The lowest BCUT2D eigenvalue weighted by Gasteiger charge is -2.08. The molecule has 0 saturated heterocycles. The van der Waals surface area contributed by atoms with Crippen LogP contribution in [-0.2, 0) is 20.0 Å². The molecule has 150 valence electrons. The number of H-pyrrole nitrogens is 1. The summed E-state index contributed by atoms with van der Waals surface area (Å²) >= 11 is 0. The topological polar surface area (TPSA) is 59.8 Å². The smallest absolute Gasteiger partial charge is 0.332 e. The van der Waals surface area contributed by atoms with Crippen LogP contribution in [-0.4, -0.2) is 14.1 Å². The lowest BCUT2D eigenvalue weighted by molar-refractivity contribution is 0.506. The van der Waals surface area contributed by atoms with Crippen molar-refractivity contribution in [2.24, 2.45) is 7.05 Å². The third-order valence-corrected chi connectivity index (χ3v) is 4.81. The molecule has 7 heteroatoms. The maximum Gasteiger partial charge on any atom is 0.332 e. The highest BCUT2D eigenvalue weighted by Gasteiger charge is 2.14. The first-order valence-electron chi connectivity index (χ1n) is 9.23. The van der Waals surface area contributed by atoms with Crippen LogP contribution in [0.4, 0.5) is 8.78 Å². The summed E-state index contributed by atoms with van der Waals surface area (Å²) in [6.07, 6.45) is 0.551. The van der Waals surface area contributed by atoms with Crippen molar-refractivity contribution in [3.05, 3.63) is 104 Å². The lowest BCUT2D eigenvalue weighted by Crippen LogP contribution is -2.39. The average Bonchev–Trinajstić information content (AvgIpc) is 3.17. The van der Waals surface area contributed by atoms with Crippen LogP contribution in [0.3, 0.4) is 0 Å². The molecule has 0 bridgehead atoms. The predicted molar refractivity (Wildman–Crippen MR) is 110 cm³/mol. The lowest BCUT2D eigenvalue weighted by atomic mass is 10.1. The zero-order valence-electron chi connectivity index (χ0n) is 16.1. The Balaban J connectivity index is 1.71. The van der Waals surface area contributed by atoms with Crippen molar-refractivity contribution in [1.82, 2.24) is 14.1 Å². The fraction of sp³-hybridized carbons (Fsp3) is 0.130. The van der Waals surface area contributed by atoms with Gasteiger partial charge in [-0.3, -0.25) is 13.9 Å². The standard InChI is InChI=1S/C23H17F2N3O2/c1-27-21-18(13-17(26-21)9-5-8-15-6-3-2-4-7-15)22(29)28(23(27)30)14-16-10-11-19(24)20(25)12-16/h2-4,6-7,10-13,26H,8,14H2,1H3. The van der Waals surface area contributed by atoms with Crippen LogP contribution in [0.1, 0.15) is 16.8 Å². The first kappa shape index (κ1) is 19.4. The minimum Gasteiger partial charge on any atom is -0.334 e. The van der Waals surface area contributed by atoms with Crippen LogP contribution in [0.5, 0.6) is 0 Å². The number of nitrogens with one attached hydrogen (secondary N) is 1. The van der Waals surface area contributed by atoms with E-state index in [2.05, 4.69) is 16.8 Å². The van der Waals surface area contributed by atoms with Crippen LogP contribution >= 0.6 is 0 Å². The largest absolute Gasteiger partial charge is 0.334 e. The van der Waals surface area contributed by atoms with Crippen molar-refractivity contribution in [2.75, 3.05) is 0 Å². The Kier molecular flexibility index (Phi) is 5.07. The molecule has 0 fully saturated rings. The molecule has 2 heterocycles. The van der Waals surface area contributed by atoms with Gasteiger partial charge in [0.15, 0.2) is 11.6 Å². The molecule has 30 heavy (non-hydrogen) atoms. The summed E-state index contributed by atoms with van der Waals surface area (Å²) in [5.74, 6) is 4.00. The second-order valence-corrected chi connectivity index (χ2v) is 6.89. The van der Waals surface area contributed by atoms with E-state index < -0.39 is 22.9 Å². The molecule has 2 aromatic heterocycles. The van der Waals surface area contributed by atoms with Gasteiger partial charge in [0.25, 0.3) is 5.56 Å². The highest BCUT2D eigenvalue weighted by Crippen LogP contribution is 2.11. The van der Waals surface area contributed by atoms with Crippen LogP contribution in [0.2, 0.25) is 0 Å². The molecule has 0 spiro atoms. The zero-order valence-corrected chi connectivity index (χ0v) is 16.1. The van der Waals surface area contributed by atoms with Crippen molar-refractivity contribution < 1.29 is 8.78 Å². The molecule has 5 nitrogen and oxygen atoms in total. The Bertz CT molecular complexity index is 1420. The Morgan fingerprint density at radius 1 is 0.967 bits per heavy atom. The second kappa shape index (κ2) is 7.84. The van der Waals surface area contributed by atoms with Crippen molar-refractivity contribution >= 4 is 11.0 Å². The van der Waals surface area contributed by atoms with Gasteiger partial charge in [0.1, 0.15) is 5.65 Å². The molecule has 4 rings (SSSR count). The van der Waals surface area contributed by atoms with Crippen LogP contribution in [0.25, 0.3) is 11.0 Å². The van der Waals surface area contributed by atoms with Gasteiger partial charge in [-0.1, -0.05) is 42.3 Å². The number of fused-ring (bicyclic) bond motifs is 1. The summed E-state index contributed by atoms with van der Waals surface area (Å²) in [4.78, 5) is 28.6. The summed E-state index contributed by atoms with van der Waals surface area (Å²) in [6.45, 7) is -0.168. The van der Waals surface area contributed by atoms with E-state index in [1.165, 1.54) is 17.7 Å². The van der Waals surface area contributed by atoms with E-state index in [1.54, 1.807) is 6.07 Å². The fourth-order valence-corrected chi connectivity index (χ4v) is 3.24. The maximum atomic E-state index is 13.5. The number of aryl methyl sites for hydroxylation is 1. The summed E-state index contributed by atoms with van der Waals surface area (Å²) in [5, 5.41) is 0.295. The van der Waals surface area contributed by atoms with Gasteiger partial charge in [0.2, 0.25) is 0 Å². The average molecular weight is 405 g/mol. The number of hydrogen-bond donors (Lipinski definition) is 1. The maximum absolute atomic E-state index is 13.5. The molecule has 4 aromatic rings. The molecule has 0 aliphatic carbocycles. The number of rotatable bonds is 3. The number of halogens is 2. The van der Waals surface area contributed by atoms with E-state index in [4.69, 9.17) is 0 Å². The number of aromatic amines is 1. The quantitative estimate of drug-likeness (QED) is 0.533. The third kappa shape index (κ3) is 3.67. The number of nitrogens with zero attached hydrogens (tertiary/aromatic N) is 2. The second-order valence-electron chi connectivity index (χ2n) is 6.89. The van der Waals surface area contributed by atoms with Crippen LogP contribution in [0, 0.1) is 23.5 Å². The Morgan fingerprint density at radius 3 is 2.47 bits per heavy atom. The summed E-state index contributed by atoms with van der Waals surface area (Å²) in [5.41, 5.74) is 1.16. The first-order valence-corrected chi connectivity index (χ1v) is 9.23. The van der Waals surface area contributed by atoms with Crippen molar-refractivity contribution in [2.45, 2.75) is 13.0 Å². The van der Waals surface area contributed by atoms with Gasteiger partial charge in [-0.2, -0.15) is 0 Å². The summed E-state index contributed by atoms with van der Waals surface area (Å²) < 4.78 is 28.9. The van der Waals surface area contributed by atoms with Gasteiger partial charge in [-0.25, -0.2) is 13.6 Å². The summed E-state index contributed by atoms with van der Waals surface area (Å²) in [7, 11) is 1.53. The molecule has 0 unspecified atom stereocenters. The first-order chi connectivity index (χ1) is 14.4. The van der Waals surface area contributed by atoms with Gasteiger partial charge < -0.3 is 4.98 Å². The molecular weight excluding hydrogens is 388 g/mol. The van der Waals surface area contributed by atoms with E-state index in [9.17, 15) is 18.4 Å². The molecule has 2 aromatic carbocycles. The molecule has 0 aliphatic rings. The van der Waals surface area contributed by atoms with Gasteiger partial charge >= 0.3 is 5.69 Å². The van der Waals surface area contributed by atoms with Crippen LogP contribution < -0.4 is 11.2 Å². The van der Waals surface area contributed by atoms with Gasteiger partial charge in [-0.15, -0.1) is 0 Å². The highest BCUT2D eigenvalue weighted by molar-refractivity contribution is 5.77. The number of aromatic nitrogens is 3. The highest BCUT2D eigenvalue weighted by atomic mass is 19.2. The molecule has 0 atom stereocenters. The molecule has 0 amide bonds. The van der Waals surface area contributed by atoms with Crippen molar-refractivity contribution in [3.63, 3.8) is 0 Å². The molecule has 1 N–H and O–H groups in total. The van der Waals surface area contributed by atoms with E-state index in [1.807, 2.05) is 30.3 Å². The monoisotopic (exact) mass is 405 g/mol. The van der Waals surface area contributed by atoms with E-state index in [-0.39, 0.29) is 6.54 Å². The summed E-state index contributed by atoms with van der Waals surface area (Å²) in [6, 6.07) is 14.6. The van der Waals surface area contributed by atoms with Gasteiger partial charge in [0.05, 0.1) is 17.6 Å². The number of hydrogen-bond acceptors (Lipinski definition) is 2. The van der Waals surface area contributed by atoms with E-state index in [0.717, 1.165) is 22.3 Å². The van der Waals surface area contributed by atoms with Crippen molar-refractivity contribution in [3.8, 4) is 11.8 Å². The van der Waals surface area contributed by atoms with E-state index >= 15 is 0 Å². The SMILES string of the molecule is Cn1c(=O)n(Cc2ccc(F)c(F)c2)c(=O)c2cc(C#CCc3ccccc3)[nH]c21. The fourth-order valence-electron chi connectivity index (χ4n) is 3.24. The van der Waals surface area contributed by atoms with E-state index in [0.29, 0.717) is 28.7 Å². The van der Waals surface area contributed by atoms with Gasteiger partial charge in [0, 0.05) is 13.5 Å². The molecular formula is C23H17F2N3O2. The normalized spacial score (nSPS) is 10.8. The Morgan fingerprint density at radius 2 is 1.73 bits per heavy atom. The zero-order chi connectivity index (χ0) is 21.3. The predicted octanol–water partition coefficient (Wildman–Crippen LogP) is 2.95.